The molecule has 4 aromatic rings. The van der Waals surface area contributed by atoms with Crippen LogP contribution in [-0.4, -0.2) is 82.3 Å². The van der Waals surface area contributed by atoms with Gasteiger partial charge in [0.2, 0.25) is 5.91 Å². The highest BCUT2D eigenvalue weighted by Gasteiger charge is 2.51. The summed E-state index contributed by atoms with van der Waals surface area (Å²) >= 11 is 13.5. The number of amides is 1. The van der Waals surface area contributed by atoms with Crippen molar-refractivity contribution in [3.63, 3.8) is 0 Å². The minimum absolute atomic E-state index is 0.0289. The molecule has 7 nitrogen and oxygen atoms in total. The van der Waals surface area contributed by atoms with E-state index in [9.17, 15) is 13.6 Å². The van der Waals surface area contributed by atoms with E-state index in [1.165, 1.54) is 12.1 Å². The van der Waals surface area contributed by atoms with Gasteiger partial charge in [-0.1, -0.05) is 54.0 Å². The summed E-state index contributed by atoms with van der Waals surface area (Å²) in [5, 5.41) is 2.57. The number of likely N-dealkylation sites (tertiary alicyclic amines) is 1. The van der Waals surface area contributed by atoms with Crippen molar-refractivity contribution >= 4 is 56.6 Å². The minimum Gasteiger partial charge on any atom is -0.461 e. The van der Waals surface area contributed by atoms with Crippen LogP contribution in [0.1, 0.15) is 25.7 Å². The maximum atomic E-state index is 14.6. The molecular weight excluding hydrogens is 619 g/mol. The summed E-state index contributed by atoms with van der Waals surface area (Å²) < 4.78 is 35.4. The van der Waals surface area contributed by atoms with Gasteiger partial charge in [0.15, 0.2) is 0 Å². The number of anilines is 1. The lowest BCUT2D eigenvalue weighted by atomic mass is 9.94. The Morgan fingerprint density at radius 3 is 2.82 bits per heavy atom. The number of benzene rings is 3. The van der Waals surface area contributed by atoms with Gasteiger partial charge >= 0.3 is 6.01 Å². The van der Waals surface area contributed by atoms with Gasteiger partial charge in [0.1, 0.15) is 24.4 Å². The van der Waals surface area contributed by atoms with Crippen LogP contribution in [0.2, 0.25) is 10.0 Å². The van der Waals surface area contributed by atoms with Crippen LogP contribution in [0, 0.1) is 5.82 Å². The number of fused-ring (bicyclic) bond motifs is 4. The average Bonchev–Trinajstić information content (AvgIpc) is 3.66. The third-order valence-corrected chi connectivity index (χ3v) is 10.9. The molecule has 0 saturated carbocycles. The maximum Gasteiger partial charge on any atom is 0.319 e. The lowest BCUT2D eigenvalue weighted by Gasteiger charge is -2.47. The third-order valence-electron chi connectivity index (χ3n) is 10.2. The molecule has 1 aromatic heterocycles. The highest BCUT2D eigenvalue weighted by Crippen LogP contribution is 2.45. The number of alkyl halides is 1. The van der Waals surface area contributed by atoms with Gasteiger partial charge in [0, 0.05) is 47.4 Å². The number of hydrogen-bond donors (Lipinski definition) is 0. The Morgan fingerprint density at radius 1 is 1.11 bits per heavy atom. The molecule has 4 atom stereocenters. The highest BCUT2D eigenvalue weighted by molar-refractivity contribution is 6.38. The fourth-order valence-corrected chi connectivity index (χ4v) is 8.58. The maximum absolute atomic E-state index is 14.6. The first kappa shape index (κ1) is 28.9. The molecule has 4 aliphatic heterocycles. The van der Waals surface area contributed by atoms with Crippen LogP contribution in [0.25, 0.3) is 32.8 Å². The summed E-state index contributed by atoms with van der Waals surface area (Å²) in [4.78, 5) is 28.5. The van der Waals surface area contributed by atoms with Gasteiger partial charge in [-0.15, -0.1) is 0 Å². The lowest BCUT2D eigenvalue weighted by Crippen LogP contribution is -2.63. The number of ether oxygens (including phenoxy) is 1. The van der Waals surface area contributed by atoms with Crippen LogP contribution in [0.4, 0.5) is 14.6 Å². The lowest BCUT2D eigenvalue weighted by molar-refractivity contribution is -0.127. The van der Waals surface area contributed by atoms with Crippen molar-refractivity contribution in [3.8, 4) is 17.1 Å². The smallest absolute Gasteiger partial charge is 0.319 e. The van der Waals surface area contributed by atoms with E-state index in [1.807, 2.05) is 35.2 Å². The number of hydrogen-bond acceptors (Lipinski definition) is 6. The first-order valence-electron chi connectivity index (χ1n) is 15.4. The number of rotatable bonds is 6. The van der Waals surface area contributed by atoms with Crippen molar-refractivity contribution in [1.82, 2.24) is 19.8 Å². The van der Waals surface area contributed by atoms with Crippen LogP contribution >= 0.6 is 23.2 Å². The number of nitrogens with zero attached hydrogens (tertiary/aromatic N) is 5. The van der Waals surface area contributed by atoms with Gasteiger partial charge in [-0.3, -0.25) is 9.69 Å². The molecule has 4 saturated heterocycles. The zero-order valence-electron chi connectivity index (χ0n) is 24.5. The first-order chi connectivity index (χ1) is 21.8. The Morgan fingerprint density at radius 2 is 1.98 bits per heavy atom. The zero-order valence-corrected chi connectivity index (χ0v) is 26.0. The van der Waals surface area contributed by atoms with E-state index in [1.54, 1.807) is 6.07 Å². The normalized spacial score (nSPS) is 25.9. The SMILES string of the molecule is C=CC(=O)N1CCC2[C@H]1CN2c1nc(OC[C@@]23CCCN2C[C@H](F)C3)nc2cc(-c3cccc4ccc(F)c(Cl)c34)c(Cl)cc12. The van der Waals surface area contributed by atoms with Crippen molar-refractivity contribution in [1.29, 1.82) is 0 Å². The molecule has 5 heterocycles. The van der Waals surface area contributed by atoms with Gasteiger partial charge in [-0.25, -0.2) is 8.78 Å². The second-order valence-electron chi connectivity index (χ2n) is 12.6. The van der Waals surface area contributed by atoms with Crippen molar-refractivity contribution in [2.45, 2.75) is 49.5 Å². The predicted molar refractivity (Wildman–Crippen MR) is 172 cm³/mol. The molecule has 45 heavy (non-hydrogen) atoms. The Hall–Kier alpha value is -3.53. The molecule has 1 amide bonds. The fourth-order valence-electron chi connectivity index (χ4n) is 8.04. The van der Waals surface area contributed by atoms with E-state index < -0.39 is 12.0 Å². The van der Waals surface area contributed by atoms with E-state index in [0.29, 0.717) is 65.5 Å². The number of halogens is 4. The Kier molecular flexibility index (Phi) is 6.93. The first-order valence-corrected chi connectivity index (χ1v) is 16.1. The van der Waals surface area contributed by atoms with Gasteiger partial charge in [-0.05, 0) is 61.0 Å². The molecule has 4 fully saturated rings. The molecule has 0 spiro atoms. The minimum atomic E-state index is -0.870. The van der Waals surface area contributed by atoms with Crippen LogP contribution in [-0.2, 0) is 4.79 Å². The standard InChI is InChI=1S/C34H31Cl2F2N5O2/c1-2-29(44)42-12-9-27-28(42)17-43(27)32-23-13-24(35)22(21-6-3-5-19-7-8-25(38)31(36)30(19)21)14-26(23)39-33(40-32)45-18-34-10-4-11-41(34)16-20(37)15-34/h2-3,5-8,13-14,20,27-28H,1,4,9-12,15-18H2/t20-,27?,28-,34+/m1/s1. The van der Waals surface area contributed by atoms with Crippen molar-refractivity contribution < 1.29 is 18.3 Å². The number of carbonyl (C=O) groups is 1. The zero-order chi connectivity index (χ0) is 31.0. The molecule has 0 N–H and O–H groups in total. The summed E-state index contributed by atoms with van der Waals surface area (Å²) in [6.07, 6.45) is 3.61. The molecule has 11 heteroatoms. The van der Waals surface area contributed by atoms with Crippen LogP contribution in [0.5, 0.6) is 6.01 Å². The van der Waals surface area contributed by atoms with Crippen molar-refractivity contribution in [2.24, 2.45) is 0 Å². The van der Waals surface area contributed by atoms with E-state index in [-0.39, 0.29) is 34.6 Å². The molecule has 0 bridgehead atoms. The summed E-state index contributed by atoms with van der Waals surface area (Å²) in [5.74, 6) is 0.0966. The molecule has 0 aliphatic carbocycles. The summed E-state index contributed by atoms with van der Waals surface area (Å²) in [7, 11) is 0. The number of aromatic nitrogens is 2. The van der Waals surface area contributed by atoms with Gasteiger partial charge in [-0.2, -0.15) is 9.97 Å². The molecule has 232 valence electrons. The second-order valence-corrected chi connectivity index (χ2v) is 13.4. The molecule has 3 aromatic carbocycles. The van der Waals surface area contributed by atoms with Gasteiger partial charge in [0.25, 0.3) is 0 Å². The quantitative estimate of drug-likeness (QED) is 0.214. The van der Waals surface area contributed by atoms with E-state index >= 15 is 0 Å². The number of carbonyl (C=O) groups excluding carboxylic acids is 1. The Labute approximate surface area is 269 Å². The highest BCUT2D eigenvalue weighted by atomic mass is 35.5. The summed E-state index contributed by atoms with van der Waals surface area (Å²) in [6, 6.07) is 12.8. The monoisotopic (exact) mass is 649 g/mol. The van der Waals surface area contributed by atoms with E-state index in [2.05, 4.69) is 16.4 Å². The summed E-state index contributed by atoms with van der Waals surface area (Å²) in [6.45, 7) is 6.50. The Balaban J connectivity index is 1.23. The van der Waals surface area contributed by atoms with Crippen LogP contribution in [0.15, 0.2) is 55.1 Å². The molecule has 0 radical (unpaired) electrons. The van der Waals surface area contributed by atoms with E-state index in [4.69, 9.17) is 37.9 Å². The molecule has 4 aliphatic rings. The van der Waals surface area contributed by atoms with Crippen molar-refractivity contribution in [3.05, 3.63) is 71.0 Å². The topological polar surface area (TPSA) is 61.8 Å². The molecule has 8 rings (SSSR count). The largest absolute Gasteiger partial charge is 0.461 e. The summed E-state index contributed by atoms with van der Waals surface area (Å²) in [5.41, 5.74) is 1.59. The average molecular weight is 651 g/mol. The third kappa shape index (κ3) is 4.57. The van der Waals surface area contributed by atoms with Gasteiger partial charge in [0.05, 0.1) is 28.2 Å². The molecular formula is C34H31Cl2F2N5O2. The van der Waals surface area contributed by atoms with Crippen molar-refractivity contribution in [2.75, 3.05) is 37.7 Å². The van der Waals surface area contributed by atoms with Gasteiger partial charge < -0.3 is 14.5 Å². The second kappa shape index (κ2) is 10.8. The molecule has 1 unspecified atom stereocenters. The fraction of sp³-hybridized carbons (Fsp3) is 0.382. The predicted octanol–water partition coefficient (Wildman–Crippen LogP) is 6.83. The van der Waals surface area contributed by atoms with E-state index in [0.717, 1.165) is 36.6 Å². The van der Waals surface area contributed by atoms with Crippen LogP contribution < -0.4 is 9.64 Å². The van der Waals surface area contributed by atoms with Crippen LogP contribution in [0.3, 0.4) is 0 Å². The Bertz CT molecular complexity index is 1890.